The van der Waals surface area contributed by atoms with E-state index in [0.29, 0.717) is 21.9 Å². The van der Waals surface area contributed by atoms with Crippen LogP contribution in [0.4, 0.5) is 5.69 Å². The Hall–Kier alpha value is -3.68. The van der Waals surface area contributed by atoms with Crippen LogP contribution in [0.1, 0.15) is 15.9 Å². The molecule has 0 radical (unpaired) electrons. The highest BCUT2D eigenvalue weighted by molar-refractivity contribution is 6.42. The van der Waals surface area contributed by atoms with Gasteiger partial charge in [0.1, 0.15) is 5.75 Å². The third kappa shape index (κ3) is 6.40. The molecule has 0 atom stereocenters. The molecule has 2 N–H and O–H groups in total. The zero-order valence-electron chi connectivity index (χ0n) is 15.8. The molecule has 9 heteroatoms. The lowest BCUT2D eigenvalue weighted by atomic mass is 10.2. The van der Waals surface area contributed by atoms with E-state index in [-0.39, 0.29) is 10.7 Å². The molecule has 0 aliphatic rings. The number of amides is 2. The predicted octanol–water partition coefficient (Wildman–Crippen LogP) is 4.30. The van der Waals surface area contributed by atoms with Crippen LogP contribution in [0.3, 0.4) is 0 Å². The Labute approximate surface area is 187 Å². The standard InChI is InChI=1S/C22H15Cl2N3O4/c23-16-8-11-18(24)19(12-16)26-20(28)21(29)27-25-13-14-6-9-17(10-7-14)31-22(30)15-4-2-1-3-5-15/h1-13H,(H,26,28)(H,27,29)/b25-13-. The highest BCUT2D eigenvalue weighted by Gasteiger charge is 2.14. The Bertz CT molecular complexity index is 1130. The van der Waals surface area contributed by atoms with Crippen LogP contribution in [0.2, 0.25) is 10.0 Å². The summed E-state index contributed by atoms with van der Waals surface area (Å²) in [6.45, 7) is 0. The fourth-order valence-electron chi connectivity index (χ4n) is 2.35. The molecular weight excluding hydrogens is 441 g/mol. The van der Waals surface area contributed by atoms with Crippen molar-refractivity contribution in [2.24, 2.45) is 5.10 Å². The van der Waals surface area contributed by atoms with Gasteiger partial charge in [0, 0.05) is 5.02 Å². The topological polar surface area (TPSA) is 96.9 Å². The van der Waals surface area contributed by atoms with Crippen molar-refractivity contribution in [1.82, 2.24) is 5.43 Å². The summed E-state index contributed by atoms with van der Waals surface area (Å²) in [6, 6.07) is 19.5. The van der Waals surface area contributed by atoms with E-state index < -0.39 is 17.8 Å². The number of nitrogens with one attached hydrogen (secondary N) is 2. The van der Waals surface area contributed by atoms with E-state index >= 15 is 0 Å². The molecule has 0 bridgehead atoms. The second-order valence-corrected chi connectivity index (χ2v) is 6.95. The highest BCUT2D eigenvalue weighted by Crippen LogP contribution is 2.25. The number of nitrogens with zero attached hydrogens (tertiary/aromatic N) is 1. The van der Waals surface area contributed by atoms with E-state index in [2.05, 4.69) is 15.8 Å². The molecule has 3 aromatic carbocycles. The third-order valence-corrected chi connectivity index (χ3v) is 4.43. The molecule has 0 unspecified atom stereocenters. The van der Waals surface area contributed by atoms with Crippen molar-refractivity contribution < 1.29 is 19.1 Å². The monoisotopic (exact) mass is 455 g/mol. The van der Waals surface area contributed by atoms with Crippen molar-refractivity contribution >= 4 is 52.9 Å². The third-order valence-electron chi connectivity index (χ3n) is 3.86. The van der Waals surface area contributed by atoms with Crippen LogP contribution in [-0.2, 0) is 9.59 Å². The molecule has 0 saturated heterocycles. The number of anilines is 1. The molecule has 3 rings (SSSR count). The van der Waals surface area contributed by atoms with E-state index in [1.54, 1.807) is 60.7 Å². The number of halogens is 2. The number of carbonyl (C=O) groups is 3. The molecule has 0 spiro atoms. The number of hydrogen-bond acceptors (Lipinski definition) is 5. The second kappa shape index (κ2) is 10.4. The minimum absolute atomic E-state index is 0.207. The molecule has 2 amide bonds. The van der Waals surface area contributed by atoms with Gasteiger partial charge in [0.2, 0.25) is 0 Å². The molecule has 0 aliphatic heterocycles. The Morgan fingerprint density at radius 2 is 1.58 bits per heavy atom. The largest absolute Gasteiger partial charge is 0.423 e. The van der Waals surface area contributed by atoms with Crippen molar-refractivity contribution in [3.8, 4) is 5.75 Å². The van der Waals surface area contributed by atoms with Gasteiger partial charge in [-0.2, -0.15) is 5.10 Å². The molecule has 0 aromatic heterocycles. The zero-order chi connectivity index (χ0) is 22.2. The number of benzene rings is 3. The van der Waals surface area contributed by atoms with Crippen LogP contribution in [-0.4, -0.2) is 24.0 Å². The first-order valence-corrected chi connectivity index (χ1v) is 9.65. The molecule has 3 aromatic rings. The van der Waals surface area contributed by atoms with Gasteiger partial charge in [0.05, 0.1) is 22.5 Å². The summed E-state index contributed by atoms with van der Waals surface area (Å²) in [5, 5.41) is 6.67. The van der Waals surface area contributed by atoms with Crippen molar-refractivity contribution in [1.29, 1.82) is 0 Å². The van der Waals surface area contributed by atoms with Gasteiger partial charge in [-0.15, -0.1) is 0 Å². The summed E-state index contributed by atoms with van der Waals surface area (Å²) < 4.78 is 5.28. The Kier molecular flexibility index (Phi) is 7.37. The number of rotatable bonds is 5. The minimum Gasteiger partial charge on any atom is -0.423 e. The Balaban J connectivity index is 1.52. The van der Waals surface area contributed by atoms with Gasteiger partial charge in [0.15, 0.2) is 0 Å². The first-order chi connectivity index (χ1) is 14.9. The lowest BCUT2D eigenvalue weighted by Gasteiger charge is -2.06. The van der Waals surface area contributed by atoms with Crippen LogP contribution >= 0.6 is 23.2 Å². The highest BCUT2D eigenvalue weighted by atomic mass is 35.5. The summed E-state index contributed by atoms with van der Waals surface area (Å²) in [7, 11) is 0. The van der Waals surface area contributed by atoms with Crippen LogP contribution in [0.25, 0.3) is 0 Å². The number of carbonyl (C=O) groups excluding carboxylic acids is 3. The van der Waals surface area contributed by atoms with E-state index in [4.69, 9.17) is 27.9 Å². The molecule has 0 fully saturated rings. The van der Waals surface area contributed by atoms with Crippen molar-refractivity contribution in [3.63, 3.8) is 0 Å². The van der Waals surface area contributed by atoms with Gasteiger partial charge < -0.3 is 10.1 Å². The maximum absolute atomic E-state index is 12.0. The normalized spacial score (nSPS) is 10.5. The second-order valence-electron chi connectivity index (χ2n) is 6.10. The number of esters is 1. The first kappa shape index (κ1) is 22.0. The summed E-state index contributed by atoms with van der Waals surface area (Å²) >= 11 is 11.8. The van der Waals surface area contributed by atoms with Crippen molar-refractivity contribution in [2.45, 2.75) is 0 Å². The van der Waals surface area contributed by atoms with Crippen LogP contribution < -0.4 is 15.5 Å². The predicted molar refractivity (Wildman–Crippen MR) is 119 cm³/mol. The SMILES string of the molecule is O=C(N/N=C\c1ccc(OC(=O)c2ccccc2)cc1)C(=O)Nc1cc(Cl)ccc1Cl. The Morgan fingerprint density at radius 1 is 0.871 bits per heavy atom. The summed E-state index contributed by atoms with van der Waals surface area (Å²) in [5.74, 6) is -2.06. The first-order valence-electron chi connectivity index (χ1n) is 8.89. The smallest absolute Gasteiger partial charge is 0.343 e. The average Bonchev–Trinajstić information content (AvgIpc) is 2.78. The van der Waals surface area contributed by atoms with Crippen molar-refractivity contribution in [3.05, 3.63) is 94.0 Å². The Morgan fingerprint density at radius 3 is 2.29 bits per heavy atom. The summed E-state index contributed by atoms with van der Waals surface area (Å²) in [4.78, 5) is 35.8. The number of hydrogen-bond donors (Lipinski definition) is 2. The van der Waals surface area contributed by atoms with Gasteiger partial charge in [-0.3, -0.25) is 9.59 Å². The van der Waals surface area contributed by atoms with Gasteiger partial charge >= 0.3 is 17.8 Å². The van der Waals surface area contributed by atoms with Gasteiger partial charge in [0.25, 0.3) is 0 Å². The number of hydrazone groups is 1. The van der Waals surface area contributed by atoms with Crippen LogP contribution in [0.15, 0.2) is 77.9 Å². The summed E-state index contributed by atoms with van der Waals surface area (Å²) in [6.07, 6.45) is 1.33. The van der Waals surface area contributed by atoms with Crippen LogP contribution in [0.5, 0.6) is 5.75 Å². The van der Waals surface area contributed by atoms with Crippen molar-refractivity contribution in [2.75, 3.05) is 5.32 Å². The van der Waals surface area contributed by atoms with E-state index in [0.717, 1.165) is 0 Å². The van der Waals surface area contributed by atoms with Gasteiger partial charge in [-0.1, -0.05) is 41.4 Å². The lowest BCUT2D eigenvalue weighted by molar-refractivity contribution is -0.136. The minimum atomic E-state index is -0.985. The van der Waals surface area contributed by atoms with Gasteiger partial charge in [-0.25, -0.2) is 10.2 Å². The van der Waals surface area contributed by atoms with Crippen LogP contribution in [0, 0.1) is 0 Å². The fourth-order valence-corrected chi connectivity index (χ4v) is 2.69. The molecular formula is C22H15Cl2N3O4. The lowest BCUT2D eigenvalue weighted by Crippen LogP contribution is -2.32. The molecule has 156 valence electrons. The maximum atomic E-state index is 12.0. The molecule has 0 heterocycles. The van der Waals surface area contributed by atoms with Gasteiger partial charge in [-0.05, 0) is 60.2 Å². The average molecular weight is 456 g/mol. The maximum Gasteiger partial charge on any atom is 0.343 e. The van der Waals surface area contributed by atoms with E-state index in [9.17, 15) is 14.4 Å². The molecule has 0 aliphatic carbocycles. The molecule has 0 saturated carbocycles. The van der Waals surface area contributed by atoms with E-state index in [1.807, 2.05) is 0 Å². The summed E-state index contributed by atoms with van der Waals surface area (Å²) in [5.41, 5.74) is 3.37. The zero-order valence-corrected chi connectivity index (χ0v) is 17.4. The van der Waals surface area contributed by atoms with E-state index in [1.165, 1.54) is 18.3 Å². The fraction of sp³-hybridized carbons (Fsp3) is 0. The quantitative estimate of drug-likeness (QED) is 0.197. The number of ether oxygens (including phenoxy) is 1. The molecule has 31 heavy (non-hydrogen) atoms. The molecule has 7 nitrogen and oxygen atoms in total.